The van der Waals surface area contributed by atoms with E-state index >= 15 is 0 Å². The molecule has 0 atom stereocenters. The molecule has 2 aromatic rings. The lowest BCUT2D eigenvalue weighted by molar-refractivity contribution is -0.116. The van der Waals surface area contributed by atoms with E-state index in [1.54, 1.807) is 36.4 Å². The molecule has 0 aliphatic carbocycles. The van der Waals surface area contributed by atoms with Crippen LogP contribution < -0.4 is 14.9 Å². The average molecular weight is 449 g/mol. The SMILES string of the molecule is CN(C)c1ccc(Cl)cc1NC(=O)CCCCCN=C1NS(=O)(=O)c2ccccc21. The van der Waals surface area contributed by atoms with E-state index in [0.717, 1.165) is 24.9 Å². The van der Waals surface area contributed by atoms with Crippen molar-refractivity contribution in [3.05, 3.63) is 53.1 Å². The van der Waals surface area contributed by atoms with Gasteiger partial charge >= 0.3 is 0 Å². The first-order valence-electron chi connectivity index (χ1n) is 9.71. The number of nitrogens with one attached hydrogen (secondary N) is 2. The van der Waals surface area contributed by atoms with Gasteiger partial charge in [-0.05, 0) is 43.2 Å². The minimum atomic E-state index is -3.50. The zero-order valence-electron chi connectivity index (χ0n) is 17.0. The van der Waals surface area contributed by atoms with Gasteiger partial charge in [0.2, 0.25) is 5.91 Å². The van der Waals surface area contributed by atoms with E-state index in [1.165, 1.54) is 0 Å². The van der Waals surface area contributed by atoms with Gasteiger partial charge in [-0.25, -0.2) is 8.42 Å². The number of halogens is 1. The predicted octanol–water partition coefficient (Wildman–Crippen LogP) is 3.64. The second-order valence-corrected chi connectivity index (χ2v) is 9.33. The normalized spacial score (nSPS) is 15.5. The van der Waals surface area contributed by atoms with Gasteiger partial charge in [-0.15, -0.1) is 0 Å². The summed E-state index contributed by atoms with van der Waals surface area (Å²) in [6.07, 6.45) is 2.69. The largest absolute Gasteiger partial charge is 0.376 e. The van der Waals surface area contributed by atoms with Gasteiger partial charge in [-0.3, -0.25) is 14.5 Å². The Balaban J connectivity index is 1.45. The molecule has 2 aromatic carbocycles. The first-order chi connectivity index (χ1) is 14.3. The molecule has 160 valence electrons. The zero-order chi connectivity index (χ0) is 21.7. The van der Waals surface area contributed by atoms with Crippen molar-refractivity contribution in [2.45, 2.75) is 30.6 Å². The number of amides is 1. The second-order valence-electron chi connectivity index (χ2n) is 7.25. The van der Waals surface area contributed by atoms with Crippen LogP contribution in [-0.4, -0.2) is 40.8 Å². The molecule has 1 aliphatic heterocycles. The third-order valence-corrected chi connectivity index (χ3v) is 6.34. The van der Waals surface area contributed by atoms with Crippen molar-refractivity contribution in [3.63, 3.8) is 0 Å². The number of fused-ring (bicyclic) bond motifs is 1. The number of carbonyl (C=O) groups excluding carboxylic acids is 1. The molecule has 9 heteroatoms. The molecule has 0 bridgehead atoms. The van der Waals surface area contributed by atoms with E-state index < -0.39 is 10.0 Å². The molecule has 2 N–H and O–H groups in total. The Morgan fingerprint density at radius 3 is 2.67 bits per heavy atom. The van der Waals surface area contributed by atoms with E-state index in [1.807, 2.05) is 25.1 Å². The number of unbranched alkanes of at least 4 members (excludes halogenated alkanes) is 2. The Morgan fingerprint density at radius 2 is 1.90 bits per heavy atom. The summed E-state index contributed by atoms with van der Waals surface area (Å²) >= 11 is 6.04. The summed E-state index contributed by atoms with van der Waals surface area (Å²) in [5.74, 6) is 0.324. The number of rotatable bonds is 8. The number of aliphatic imine (C=N–C) groups is 1. The molecule has 0 fully saturated rings. The highest BCUT2D eigenvalue weighted by atomic mass is 35.5. The Labute approximate surface area is 182 Å². The van der Waals surface area contributed by atoms with Crippen LogP contribution in [0, 0.1) is 0 Å². The number of nitrogens with zero attached hydrogens (tertiary/aromatic N) is 2. The maximum Gasteiger partial charge on any atom is 0.263 e. The van der Waals surface area contributed by atoms with Crippen molar-refractivity contribution >= 4 is 44.7 Å². The molecule has 0 saturated heterocycles. The molecule has 1 heterocycles. The molecule has 0 unspecified atom stereocenters. The van der Waals surface area contributed by atoms with Crippen molar-refractivity contribution in [3.8, 4) is 0 Å². The molecular formula is C21H25ClN4O3S. The van der Waals surface area contributed by atoms with Crippen molar-refractivity contribution in [1.29, 1.82) is 0 Å². The highest BCUT2D eigenvalue weighted by Crippen LogP contribution is 2.28. The number of hydrogen-bond acceptors (Lipinski definition) is 5. The van der Waals surface area contributed by atoms with Crippen LogP contribution in [0.5, 0.6) is 0 Å². The van der Waals surface area contributed by atoms with Crippen molar-refractivity contribution in [2.75, 3.05) is 30.9 Å². The maximum atomic E-state index is 12.3. The number of anilines is 2. The lowest BCUT2D eigenvalue weighted by atomic mass is 10.1. The Hall–Kier alpha value is -2.58. The molecule has 1 aliphatic rings. The molecule has 3 rings (SSSR count). The summed E-state index contributed by atoms with van der Waals surface area (Å²) in [5.41, 5.74) is 2.19. The summed E-state index contributed by atoms with van der Waals surface area (Å²) in [6.45, 7) is 0.493. The molecule has 30 heavy (non-hydrogen) atoms. The highest BCUT2D eigenvalue weighted by molar-refractivity contribution is 7.90. The van der Waals surface area contributed by atoms with Gasteiger partial charge in [0, 0.05) is 37.6 Å². The van der Waals surface area contributed by atoms with E-state index in [0.29, 0.717) is 35.1 Å². The summed E-state index contributed by atoms with van der Waals surface area (Å²) < 4.78 is 26.6. The fourth-order valence-electron chi connectivity index (χ4n) is 3.23. The lowest BCUT2D eigenvalue weighted by Gasteiger charge is -2.18. The number of amidine groups is 1. The third-order valence-electron chi connectivity index (χ3n) is 4.71. The molecule has 0 saturated carbocycles. The monoisotopic (exact) mass is 448 g/mol. The van der Waals surface area contributed by atoms with Crippen LogP contribution in [0.3, 0.4) is 0 Å². The Bertz CT molecular complexity index is 1070. The number of hydrogen-bond donors (Lipinski definition) is 2. The number of carbonyl (C=O) groups is 1. The molecule has 0 spiro atoms. The Morgan fingerprint density at radius 1 is 1.13 bits per heavy atom. The van der Waals surface area contributed by atoms with Gasteiger partial charge in [0.05, 0.1) is 16.3 Å². The quantitative estimate of drug-likeness (QED) is 0.603. The van der Waals surface area contributed by atoms with Crippen LogP contribution in [0.25, 0.3) is 0 Å². The van der Waals surface area contributed by atoms with Gasteiger partial charge in [-0.1, -0.05) is 30.2 Å². The van der Waals surface area contributed by atoms with Crippen LogP contribution >= 0.6 is 11.6 Å². The third kappa shape index (κ3) is 5.31. The highest BCUT2D eigenvalue weighted by Gasteiger charge is 2.29. The van der Waals surface area contributed by atoms with E-state index in [2.05, 4.69) is 15.0 Å². The van der Waals surface area contributed by atoms with Crippen LogP contribution in [0.4, 0.5) is 11.4 Å². The maximum absolute atomic E-state index is 12.3. The van der Waals surface area contributed by atoms with Crippen molar-refractivity contribution < 1.29 is 13.2 Å². The number of sulfonamides is 1. The zero-order valence-corrected chi connectivity index (χ0v) is 18.6. The minimum absolute atomic E-state index is 0.0656. The molecular weight excluding hydrogens is 424 g/mol. The second kappa shape index (κ2) is 9.49. The van der Waals surface area contributed by atoms with E-state index in [-0.39, 0.29) is 10.8 Å². The van der Waals surface area contributed by atoms with Crippen LogP contribution in [-0.2, 0) is 14.8 Å². The fourth-order valence-corrected chi connectivity index (χ4v) is 4.65. The van der Waals surface area contributed by atoms with Crippen LogP contribution in [0.1, 0.15) is 31.2 Å². The lowest BCUT2D eigenvalue weighted by Crippen LogP contribution is -2.22. The topological polar surface area (TPSA) is 90.9 Å². The first kappa shape index (κ1) is 22.1. The standard InChI is InChI=1S/C21H25ClN4O3S/c1-26(2)18-12-11-15(22)14-17(18)24-20(27)10-4-3-7-13-23-21-16-8-5-6-9-19(16)30(28,29)25-21/h5-6,8-9,11-12,14H,3-4,7,10,13H2,1-2H3,(H,23,25)(H,24,27). The van der Waals surface area contributed by atoms with E-state index in [4.69, 9.17) is 11.6 Å². The van der Waals surface area contributed by atoms with Crippen LogP contribution in [0.15, 0.2) is 52.4 Å². The van der Waals surface area contributed by atoms with Crippen LogP contribution in [0.2, 0.25) is 5.02 Å². The summed E-state index contributed by atoms with van der Waals surface area (Å²) in [6, 6.07) is 12.2. The number of benzene rings is 2. The average Bonchev–Trinajstić information content (AvgIpc) is 2.95. The molecule has 0 aromatic heterocycles. The minimum Gasteiger partial charge on any atom is -0.376 e. The van der Waals surface area contributed by atoms with Gasteiger partial charge in [0.25, 0.3) is 10.0 Å². The van der Waals surface area contributed by atoms with Gasteiger partial charge in [0.1, 0.15) is 5.84 Å². The fraction of sp³-hybridized carbons (Fsp3) is 0.333. The Kier molecular flexibility index (Phi) is 6.99. The van der Waals surface area contributed by atoms with E-state index in [9.17, 15) is 13.2 Å². The first-order valence-corrected chi connectivity index (χ1v) is 11.6. The molecule has 1 amide bonds. The van der Waals surface area contributed by atoms with Crippen molar-refractivity contribution in [1.82, 2.24) is 4.72 Å². The summed E-state index contributed by atoms with van der Waals surface area (Å²) in [5, 5.41) is 3.49. The summed E-state index contributed by atoms with van der Waals surface area (Å²) in [4.78, 5) is 18.8. The predicted molar refractivity (Wildman–Crippen MR) is 121 cm³/mol. The molecule has 7 nitrogen and oxygen atoms in total. The van der Waals surface area contributed by atoms with Crippen molar-refractivity contribution in [2.24, 2.45) is 4.99 Å². The smallest absolute Gasteiger partial charge is 0.263 e. The van der Waals surface area contributed by atoms with Gasteiger partial charge in [-0.2, -0.15) is 0 Å². The van der Waals surface area contributed by atoms with Gasteiger partial charge < -0.3 is 10.2 Å². The summed E-state index contributed by atoms with van der Waals surface area (Å²) in [7, 11) is 0.309. The molecule has 0 radical (unpaired) electrons. The van der Waals surface area contributed by atoms with Gasteiger partial charge in [0.15, 0.2) is 0 Å².